The third-order valence-corrected chi connectivity index (χ3v) is 6.51. The van der Waals surface area contributed by atoms with Gasteiger partial charge in [0, 0.05) is 20.7 Å². The van der Waals surface area contributed by atoms with Gasteiger partial charge >= 0.3 is 0 Å². The molecule has 2 atom stereocenters. The smallest absolute Gasteiger partial charge is 0.0685 e. The highest BCUT2D eigenvalue weighted by Crippen LogP contribution is 2.44. The lowest BCUT2D eigenvalue weighted by Gasteiger charge is -2.45. The Kier molecular flexibility index (Phi) is 5.29. The van der Waals surface area contributed by atoms with Crippen molar-refractivity contribution in [2.24, 2.45) is 11.7 Å². The monoisotopic (exact) mass is 463 g/mol. The molecule has 2 fully saturated rings. The maximum Gasteiger partial charge on any atom is 0.0685 e. The van der Waals surface area contributed by atoms with Crippen molar-refractivity contribution >= 4 is 38.5 Å². The molecule has 3 rings (SSSR count). The van der Waals surface area contributed by atoms with Crippen LogP contribution in [0.25, 0.3) is 0 Å². The Hall–Kier alpha value is 0.350. The predicted molar refractivity (Wildman–Crippen MR) is 98.3 cm³/mol. The van der Waals surface area contributed by atoms with Crippen LogP contribution < -0.4 is 5.73 Å². The molecule has 2 N–H and O–H groups in total. The van der Waals surface area contributed by atoms with Gasteiger partial charge in [-0.25, -0.2) is 0 Å². The van der Waals surface area contributed by atoms with E-state index in [1.807, 2.05) is 0 Å². The largest absolute Gasteiger partial charge is 0.375 e. The summed E-state index contributed by atoms with van der Waals surface area (Å²) in [5.41, 5.74) is 8.02. The molecule has 2 nitrogen and oxygen atoms in total. The Morgan fingerprint density at radius 1 is 1.29 bits per heavy atom. The van der Waals surface area contributed by atoms with E-state index in [0.29, 0.717) is 5.92 Å². The first-order chi connectivity index (χ1) is 10.1. The fourth-order valence-corrected chi connectivity index (χ4v) is 4.97. The summed E-state index contributed by atoms with van der Waals surface area (Å²) in [4.78, 5) is 0. The second kappa shape index (κ2) is 6.85. The first-order valence-corrected chi connectivity index (χ1v) is 9.81. The van der Waals surface area contributed by atoms with Gasteiger partial charge in [0.1, 0.15) is 0 Å². The molecule has 1 saturated heterocycles. The van der Waals surface area contributed by atoms with Gasteiger partial charge in [-0.1, -0.05) is 35.2 Å². The van der Waals surface area contributed by atoms with Crippen LogP contribution in [0.5, 0.6) is 0 Å². The van der Waals surface area contributed by atoms with Crippen molar-refractivity contribution in [3.8, 4) is 0 Å². The molecule has 1 aromatic rings. The fraction of sp³-hybridized carbons (Fsp3) is 0.647. The standard InChI is InChI=1S/C17H23BrINO/c18-15-5-4-13(19)10-14(15)16(20)12-6-9-21-17(11-12)7-2-1-3-8-17/h4-5,10,12,16H,1-3,6-9,11,20H2. The first kappa shape index (κ1) is 16.2. The molecule has 1 saturated carbocycles. The maximum atomic E-state index is 6.64. The highest BCUT2D eigenvalue weighted by molar-refractivity contribution is 14.1. The molecule has 2 unspecified atom stereocenters. The molecule has 116 valence electrons. The van der Waals surface area contributed by atoms with Crippen molar-refractivity contribution in [3.05, 3.63) is 31.8 Å². The average molecular weight is 464 g/mol. The summed E-state index contributed by atoms with van der Waals surface area (Å²) >= 11 is 6.03. The summed E-state index contributed by atoms with van der Waals surface area (Å²) in [6.07, 6.45) is 8.66. The van der Waals surface area contributed by atoms with Crippen molar-refractivity contribution in [3.63, 3.8) is 0 Å². The topological polar surface area (TPSA) is 35.2 Å². The van der Waals surface area contributed by atoms with E-state index in [2.05, 4.69) is 56.7 Å². The van der Waals surface area contributed by atoms with Gasteiger partial charge in [0.25, 0.3) is 0 Å². The lowest BCUT2D eigenvalue weighted by atomic mass is 9.73. The van der Waals surface area contributed by atoms with Crippen molar-refractivity contribution in [2.45, 2.75) is 56.6 Å². The molecule has 21 heavy (non-hydrogen) atoms. The number of ether oxygens (including phenoxy) is 1. The molecule has 0 bridgehead atoms. The van der Waals surface area contributed by atoms with Gasteiger partial charge in [-0.2, -0.15) is 0 Å². The maximum absolute atomic E-state index is 6.64. The van der Waals surface area contributed by atoms with Crippen LogP contribution in [0.3, 0.4) is 0 Å². The number of rotatable bonds is 2. The minimum Gasteiger partial charge on any atom is -0.375 e. The van der Waals surface area contributed by atoms with Gasteiger partial charge < -0.3 is 10.5 Å². The third kappa shape index (κ3) is 3.65. The van der Waals surface area contributed by atoms with Gasteiger partial charge in [0.05, 0.1) is 5.60 Å². The van der Waals surface area contributed by atoms with E-state index < -0.39 is 0 Å². The first-order valence-electron chi connectivity index (χ1n) is 7.94. The van der Waals surface area contributed by atoms with E-state index >= 15 is 0 Å². The minimum atomic E-state index is 0.108. The highest BCUT2D eigenvalue weighted by Gasteiger charge is 2.40. The highest BCUT2D eigenvalue weighted by atomic mass is 127. The molecule has 0 amide bonds. The Bertz CT molecular complexity index is 496. The fourth-order valence-electron chi connectivity index (χ4n) is 3.94. The van der Waals surface area contributed by atoms with E-state index in [1.165, 1.54) is 41.2 Å². The van der Waals surface area contributed by atoms with Crippen molar-refractivity contribution in [1.82, 2.24) is 0 Å². The van der Waals surface area contributed by atoms with Gasteiger partial charge in [-0.3, -0.25) is 0 Å². The van der Waals surface area contributed by atoms with Crippen LogP contribution >= 0.6 is 38.5 Å². The van der Waals surface area contributed by atoms with Gasteiger partial charge in [-0.05, 0) is 78.0 Å². The number of halogens is 2. The van der Waals surface area contributed by atoms with Crippen LogP contribution in [0.1, 0.15) is 56.6 Å². The average Bonchev–Trinajstić information content (AvgIpc) is 2.50. The Morgan fingerprint density at radius 3 is 2.81 bits per heavy atom. The van der Waals surface area contributed by atoms with E-state index in [4.69, 9.17) is 10.5 Å². The normalized spacial score (nSPS) is 26.7. The zero-order valence-corrected chi connectivity index (χ0v) is 16.0. The molecule has 4 heteroatoms. The Morgan fingerprint density at radius 2 is 2.05 bits per heavy atom. The lowest BCUT2D eigenvalue weighted by molar-refractivity contribution is -0.120. The summed E-state index contributed by atoms with van der Waals surface area (Å²) < 4.78 is 8.60. The van der Waals surface area contributed by atoms with Gasteiger partial charge in [-0.15, -0.1) is 0 Å². The van der Waals surface area contributed by atoms with E-state index in [-0.39, 0.29) is 11.6 Å². The molecule has 1 aromatic carbocycles. The molecule has 0 aromatic heterocycles. The van der Waals surface area contributed by atoms with Crippen molar-refractivity contribution in [2.75, 3.05) is 6.61 Å². The summed E-state index contributed by atoms with van der Waals surface area (Å²) in [6, 6.07) is 6.56. The molecular weight excluding hydrogens is 441 g/mol. The second-order valence-corrected chi connectivity index (χ2v) is 8.64. The Balaban J connectivity index is 1.77. The van der Waals surface area contributed by atoms with Crippen LogP contribution in [0, 0.1) is 9.49 Å². The molecule has 1 aliphatic heterocycles. The quantitative estimate of drug-likeness (QED) is 0.613. The van der Waals surface area contributed by atoms with Crippen LogP contribution in [0.15, 0.2) is 22.7 Å². The van der Waals surface area contributed by atoms with Crippen LogP contribution in [-0.4, -0.2) is 12.2 Å². The molecule has 0 radical (unpaired) electrons. The SMILES string of the molecule is NC(c1cc(I)ccc1Br)C1CCOC2(CCCCC2)C1. The van der Waals surface area contributed by atoms with Crippen molar-refractivity contribution in [1.29, 1.82) is 0 Å². The van der Waals surface area contributed by atoms with Crippen LogP contribution in [-0.2, 0) is 4.74 Å². The molecule has 1 heterocycles. The lowest BCUT2D eigenvalue weighted by Crippen LogP contribution is -2.44. The summed E-state index contributed by atoms with van der Waals surface area (Å²) in [6.45, 7) is 0.875. The number of hydrogen-bond acceptors (Lipinski definition) is 2. The molecule has 2 aliphatic rings. The Labute approximate surface area is 149 Å². The molecular formula is C17H23BrINO. The van der Waals surface area contributed by atoms with Gasteiger partial charge in [0.15, 0.2) is 0 Å². The summed E-state index contributed by atoms with van der Waals surface area (Å²) in [7, 11) is 0. The third-order valence-electron chi connectivity index (χ3n) is 5.12. The van der Waals surface area contributed by atoms with Crippen LogP contribution in [0.4, 0.5) is 0 Å². The van der Waals surface area contributed by atoms with Crippen molar-refractivity contribution < 1.29 is 4.74 Å². The predicted octanol–water partition coefficient (Wildman–Crippen LogP) is 5.18. The van der Waals surface area contributed by atoms with Crippen LogP contribution in [0.2, 0.25) is 0 Å². The minimum absolute atomic E-state index is 0.108. The number of hydrogen-bond donors (Lipinski definition) is 1. The van der Waals surface area contributed by atoms with E-state index in [0.717, 1.165) is 23.9 Å². The van der Waals surface area contributed by atoms with Gasteiger partial charge in [0.2, 0.25) is 0 Å². The summed E-state index contributed by atoms with van der Waals surface area (Å²) in [5, 5.41) is 0. The number of nitrogens with two attached hydrogens (primary N) is 1. The zero-order chi connectivity index (χ0) is 14.9. The van der Waals surface area contributed by atoms with E-state index in [1.54, 1.807) is 0 Å². The zero-order valence-electron chi connectivity index (χ0n) is 12.3. The second-order valence-electron chi connectivity index (χ2n) is 6.54. The molecule has 1 spiro atoms. The number of benzene rings is 1. The molecule has 1 aliphatic carbocycles. The van der Waals surface area contributed by atoms with E-state index in [9.17, 15) is 0 Å². The summed E-state index contributed by atoms with van der Waals surface area (Å²) in [5.74, 6) is 0.534.